The lowest BCUT2D eigenvalue weighted by molar-refractivity contribution is -0.137. The summed E-state index contributed by atoms with van der Waals surface area (Å²) in [4.78, 5) is 14.3. The van der Waals surface area contributed by atoms with Crippen LogP contribution in [-0.2, 0) is 4.79 Å². The van der Waals surface area contributed by atoms with Crippen LogP contribution in [0.4, 0.5) is 0 Å². The molecule has 0 amide bonds. The maximum absolute atomic E-state index is 10.4. The quantitative estimate of drug-likeness (QED) is 0.838. The summed E-state index contributed by atoms with van der Waals surface area (Å²) in [7, 11) is 0. The van der Waals surface area contributed by atoms with E-state index in [0.717, 1.165) is 0 Å². The lowest BCUT2D eigenvalue weighted by Crippen LogP contribution is -2.16. The van der Waals surface area contributed by atoms with Gasteiger partial charge < -0.3 is 10.8 Å². The largest absolute Gasteiger partial charge is 0.481 e. The smallest absolute Gasteiger partial charge is 0.305 e. The third-order valence-electron chi connectivity index (χ3n) is 1.58. The molecule has 14 heavy (non-hydrogen) atoms. The fraction of sp³-hybridized carbons (Fsp3) is 0.250. The van der Waals surface area contributed by atoms with Crippen LogP contribution in [0.1, 0.15) is 18.2 Å². The number of hydrogen-bond acceptors (Lipinski definition) is 3. The van der Waals surface area contributed by atoms with Crippen molar-refractivity contribution < 1.29 is 9.90 Å². The van der Waals surface area contributed by atoms with Gasteiger partial charge in [0.25, 0.3) is 0 Å². The molecule has 1 heterocycles. The summed E-state index contributed by atoms with van der Waals surface area (Å²) in [5.41, 5.74) is 5.92. The van der Waals surface area contributed by atoms with Gasteiger partial charge >= 0.3 is 5.97 Å². The van der Waals surface area contributed by atoms with Gasteiger partial charge in [0.1, 0.15) is 0 Å². The molecular formula is C8H8Cl2N2O2. The predicted octanol–water partition coefficient (Wildman–Crippen LogP) is 1.86. The maximum atomic E-state index is 10.4. The number of carboxylic acids is 1. The van der Waals surface area contributed by atoms with Crippen LogP contribution in [0.3, 0.4) is 0 Å². The molecule has 1 unspecified atom stereocenters. The van der Waals surface area contributed by atoms with E-state index in [1.54, 1.807) is 0 Å². The molecule has 0 bridgehead atoms. The summed E-state index contributed by atoms with van der Waals surface area (Å²) in [5, 5.41) is 9.19. The van der Waals surface area contributed by atoms with E-state index >= 15 is 0 Å². The Morgan fingerprint density at radius 1 is 1.64 bits per heavy atom. The number of carbonyl (C=O) groups is 1. The fourth-order valence-electron chi connectivity index (χ4n) is 0.983. The lowest BCUT2D eigenvalue weighted by atomic mass is 10.1. The first kappa shape index (κ1) is 11.2. The molecule has 0 saturated heterocycles. The Labute approximate surface area is 90.6 Å². The van der Waals surface area contributed by atoms with Crippen molar-refractivity contribution in [3.63, 3.8) is 0 Å². The summed E-state index contributed by atoms with van der Waals surface area (Å²) in [6, 6.07) is 0.768. The number of nitrogens with zero attached hydrogens (tertiary/aromatic N) is 1. The van der Waals surface area contributed by atoms with Crippen molar-refractivity contribution in [2.45, 2.75) is 12.5 Å². The minimum atomic E-state index is -0.995. The Balaban J connectivity index is 2.90. The van der Waals surface area contributed by atoms with Crippen LogP contribution in [-0.4, -0.2) is 16.1 Å². The zero-order valence-electron chi connectivity index (χ0n) is 7.08. The normalized spacial score (nSPS) is 12.5. The maximum Gasteiger partial charge on any atom is 0.305 e. The Kier molecular flexibility index (Phi) is 3.69. The lowest BCUT2D eigenvalue weighted by Gasteiger charge is -2.09. The zero-order valence-corrected chi connectivity index (χ0v) is 8.59. The summed E-state index contributed by atoms with van der Waals surface area (Å²) >= 11 is 11.4. The van der Waals surface area contributed by atoms with Crippen molar-refractivity contribution in [2.75, 3.05) is 0 Å². The molecule has 0 radical (unpaired) electrons. The molecule has 1 atom stereocenters. The van der Waals surface area contributed by atoms with Crippen molar-refractivity contribution in [2.24, 2.45) is 5.73 Å². The molecule has 0 spiro atoms. The van der Waals surface area contributed by atoms with Crippen molar-refractivity contribution in [1.29, 1.82) is 0 Å². The van der Waals surface area contributed by atoms with Crippen LogP contribution in [0.25, 0.3) is 0 Å². The molecule has 0 aromatic carbocycles. The number of pyridine rings is 1. The van der Waals surface area contributed by atoms with Crippen molar-refractivity contribution in [1.82, 2.24) is 4.98 Å². The third-order valence-corrected chi connectivity index (χ3v) is 2.09. The molecule has 0 aliphatic carbocycles. The van der Waals surface area contributed by atoms with E-state index in [1.165, 1.54) is 12.3 Å². The van der Waals surface area contributed by atoms with Gasteiger partial charge in [-0.2, -0.15) is 0 Å². The molecule has 76 valence electrons. The van der Waals surface area contributed by atoms with Crippen molar-refractivity contribution >= 4 is 29.2 Å². The molecule has 3 N–H and O–H groups in total. The number of rotatable bonds is 3. The highest BCUT2D eigenvalue weighted by Crippen LogP contribution is 2.23. The topological polar surface area (TPSA) is 76.2 Å². The fourth-order valence-corrected chi connectivity index (χ4v) is 1.50. The Bertz CT molecular complexity index is 357. The Hall–Kier alpha value is -0.840. The van der Waals surface area contributed by atoms with E-state index < -0.39 is 12.0 Å². The summed E-state index contributed by atoms with van der Waals surface area (Å²) in [5.74, 6) is -0.995. The first-order valence-electron chi connectivity index (χ1n) is 3.79. The van der Waals surface area contributed by atoms with Gasteiger partial charge in [0.15, 0.2) is 0 Å². The van der Waals surface area contributed by atoms with E-state index in [2.05, 4.69) is 4.98 Å². The number of halogens is 2. The van der Waals surface area contributed by atoms with Crippen LogP contribution >= 0.6 is 23.2 Å². The average Bonchev–Trinajstić information content (AvgIpc) is 2.01. The van der Waals surface area contributed by atoms with Crippen LogP contribution in [0.15, 0.2) is 12.3 Å². The van der Waals surface area contributed by atoms with Gasteiger partial charge in [-0.25, -0.2) is 0 Å². The molecule has 0 fully saturated rings. The van der Waals surface area contributed by atoms with Crippen LogP contribution in [0.2, 0.25) is 10.0 Å². The SMILES string of the molecule is NC(CC(=O)O)c1ncc(Cl)cc1Cl. The highest BCUT2D eigenvalue weighted by molar-refractivity contribution is 6.34. The highest BCUT2D eigenvalue weighted by Gasteiger charge is 2.15. The van der Waals surface area contributed by atoms with E-state index in [9.17, 15) is 4.79 Å². The van der Waals surface area contributed by atoms with Gasteiger partial charge in [0.05, 0.1) is 28.2 Å². The first-order chi connectivity index (χ1) is 6.50. The molecule has 1 aromatic heterocycles. The minimum Gasteiger partial charge on any atom is -0.481 e. The monoisotopic (exact) mass is 234 g/mol. The number of aliphatic carboxylic acids is 1. The van der Waals surface area contributed by atoms with E-state index in [4.69, 9.17) is 34.0 Å². The molecule has 6 heteroatoms. The van der Waals surface area contributed by atoms with E-state index in [0.29, 0.717) is 10.7 Å². The molecule has 0 aliphatic heterocycles. The van der Waals surface area contributed by atoms with Crippen LogP contribution in [0.5, 0.6) is 0 Å². The number of nitrogens with two attached hydrogens (primary N) is 1. The van der Waals surface area contributed by atoms with Gasteiger partial charge in [-0.05, 0) is 6.07 Å². The number of carboxylic acid groups (broad SMARTS) is 1. The highest BCUT2D eigenvalue weighted by atomic mass is 35.5. The Morgan fingerprint density at radius 3 is 2.79 bits per heavy atom. The average molecular weight is 235 g/mol. The van der Waals surface area contributed by atoms with Gasteiger partial charge in [-0.15, -0.1) is 0 Å². The predicted molar refractivity (Wildman–Crippen MR) is 53.4 cm³/mol. The van der Waals surface area contributed by atoms with E-state index in [-0.39, 0.29) is 11.4 Å². The van der Waals surface area contributed by atoms with Gasteiger partial charge in [0, 0.05) is 6.20 Å². The summed E-state index contributed by atoms with van der Waals surface area (Å²) < 4.78 is 0. The van der Waals surface area contributed by atoms with Crippen molar-refractivity contribution in [3.8, 4) is 0 Å². The molecule has 1 aromatic rings. The second kappa shape index (κ2) is 4.59. The second-order valence-electron chi connectivity index (χ2n) is 2.72. The summed E-state index contributed by atoms with van der Waals surface area (Å²) in [6.45, 7) is 0. The first-order valence-corrected chi connectivity index (χ1v) is 4.54. The zero-order chi connectivity index (χ0) is 10.7. The molecule has 0 saturated carbocycles. The molecule has 1 rings (SSSR count). The van der Waals surface area contributed by atoms with Crippen molar-refractivity contribution in [3.05, 3.63) is 28.0 Å². The Morgan fingerprint density at radius 2 is 2.29 bits per heavy atom. The third kappa shape index (κ3) is 2.83. The van der Waals surface area contributed by atoms with Gasteiger partial charge in [-0.3, -0.25) is 9.78 Å². The minimum absolute atomic E-state index is 0.214. The van der Waals surface area contributed by atoms with Gasteiger partial charge in [-0.1, -0.05) is 23.2 Å². The molecular weight excluding hydrogens is 227 g/mol. The summed E-state index contributed by atoms with van der Waals surface area (Å²) in [6.07, 6.45) is 1.17. The van der Waals surface area contributed by atoms with Crippen LogP contribution in [0, 0.1) is 0 Å². The standard InChI is InChI=1S/C8H8Cl2N2O2/c9-4-1-5(10)8(12-3-4)6(11)2-7(13)14/h1,3,6H,2,11H2,(H,13,14). The number of aromatic nitrogens is 1. The van der Waals surface area contributed by atoms with Crippen LogP contribution < -0.4 is 5.73 Å². The van der Waals surface area contributed by atoms with Gasteiger partial charge in [0.2, 0.25) is 0 Å². The van der Waals surface area contributed by atoms with E-state index in [1.807, 2.05) is 0 Å². The molecule has 0 aliphatic rings. The number of hydrogen-bond donors (Lipinski definition) is 2. The second-order valence-corrected chi connectivity index (χ2v) is 3.57. The molecule has 4 nitrogen and oxygen atoms in total.